The maximum Gasteiger partial charge on any atom is 0.261 e. The van der Waals surface area contributed by atoms with Gasteiger partial charge in [-0.3, -0.25) is 4.72 Å². The van der Waals surface area contributed by atoms with Crippen molar-refractivity contribution in [1.29, 1.82) is 0 Å². The van der Waals surface area contributed by atoms with E-state index in [4.69, 9.17) is 0 Å². The number of aromatic nitrogens is 1. The molecule has 2 aromatic carbocycles. The van der Waals surface area contributed by atoms with E-state index < -0.39 is 10.0 Å². The summed E-state index contributed by atoms with van der Waals surface area (Å²) < 4.78 is 31.5. The zero-order chi connectivity index (χ0) is 14.2. The van der Waals surface area contributed by atoms with Gasteiger partial charge in [0.1, 0.15) is 0 Å². The monoisotopic (exact) mass is 304 g/mol. The molecule has 1 N–H and O–H groups in total. The molecule has 0 fully saturated rings. The predicted molar refractivity (Wildman–Crippen MR) is 81.6 cm³/mol. The van der Waals surface area contributed by atoms with Crippen molar-refractivity contribution in [2.24, 2.45) is 0 Å². The highest BCUT2D eigenvalue weighted by Crippen LogP contribution is 2.26. The minimum atomic E-state index is -3.57. The second kappa shape index (κ2) is 4.88. The molecule has 0 aliphatic carbocycles. The first kappa shape index (κ1) is 13.1. The molecule has 0 spiro atoms. The molecule has 1 aromatic heterocycles. The number of fused-ring (bicyclic) bond motifs is 1. The first-order chi connectivity index (χ1) is 9.56. The molecule has 102 valence electrons. The zero-order valence-electron chi connectivity index (χ0n) is 10.7. The van der Waals surface area contributed by atoms with Gasteiger partial charge in [-0.25, -0.2) is 8.42 Å². The maximum absolute atomic E-state index is 12.4. The highest BCUT2D eigenvalue weighted by atomic mass is 32.2. The van der Waals surface area contributed by atoms with Crippen molar-refractivity contribution in [3.63, 3.8) is 0 Å². The van der Waals surface area contributed by atoms with Crippen LogP contribution in [0.15, 0.2) is 52.7 Å². The molecule has 4 nitrogen and oxygen atoms in total. The molecule has 0 saturated carbocycles. The lowest BCUT2D eigenvalue weighted by molar-refractivity contribution is 0.601. The van der Waals surface area contributed by atoms with Gasteiger partial charge in [-0.15, -0.1) is 0 Å². The lowest BCUT2D eigenvalue weighted by Crippen LogP contribution is -2.13. The molecule has 3 aromatic rings. The Morgan fingerprint density at radius 1 is 1.10 bits per heavy atom. The third-order valence-electron chi connectivity index (χ3n) is 2.98. The molecule has 0 saturated heterocycles. The van der Waals surface area contributed by atoms with Gasteiger partial charge in [0, 0.05) is 10.8 Å². The number of hydrogen-bond donors (Lipinski definition) is 1. The standard InChI is InChI=1S/C14H12N2O2S2/c1-10-5-7-11(8-6-10)20(17,18)16-14-4-2-3-13-12(14)9-19-15-13/h2-9,16H,1H3. The van der Waals surface area contributed by atoms with Crippen molar-refractivity contribution < 1.29 is 8.42 Å². The van der Waals surface area contributed by atoms with Crippen molar-refractivity contribution in [3.05, 3.63) is 53.4 Å². The molecule has 0 amide bonds. The summed E-state index contributed by atoms with van der Waals surface area (Å²) in [5, 5.41) is 2.65. The molecule has 0 atom stereocenters. The summed E-state index contributed by atoms with van der Waals surface area (Å²) in [5.41, 5.74) is 2.36. The van der Waals surface area contributed by atoms with E-state index in [0.29, 0.717) is 5.69 Å². The first-order valence-corrected chi connectivity index (χ1v) is 8.31. The number of aryl methyl sites for hydroxylation is 1. The van der Waals surface area contributed by atoms with E-state index in [0.717, 1.165) is 16.5 Å². The second-order valence-electron chi connectivity index (χ2n) is 4.47. The Kier molecular flexibility index (Phi) is 3.19. The van der Waals surface area contributed by atoms with Crippen LogP contribution in [0.3, 0.4) is 0 Å². The summed E-state index contributed by atoms with van der Waals surface area (Å²) in [4.78, 5) is 0.253. The van der Waals surface area contributed by atoms with Crippen molar-refractivity contribution in [1.82, 2.24) is 4.37 Å². The van der Waals surface area contributed by atoms with Crippen LogP contribution in [-0.2, 0) is 10.0 Å². The van der Waals surface area contributed by atoms with E-state index in [1.807, 2.05) is 18.4 Å². The van der Waals surface area contributed by atoms with Gasteiger partial charge >= 0.3 is 0 Å². The summed E-state index contributed by atoms with van der Waals surface area (Å²) in [6.45, 7) is 1.92. The molecule has 0 bridgehead atoms. The van der Waals surface area contributed by atoms with Gasteiger partial charge in [-0.1, -0.05) is 23.8 Å². The van der Waals surface area contributed by atoms with Gasteiger partial charge in [0.15, 0.2) is 0 Å². The van der Waals surface area contributed by atoms with Crippen LogP contribution in [-0.4, -0.2) is 12.8 Å². The number of hydrogen-bond acceptors (Lipinski definition) is 4. The molecule has 0 aliphatic heterocycles. The van der Waals surface area contributed by atoms with Gasteiger partial charge in [-0.05, 0) is 42.7 Å². The molecule has 6 heteroatoms. The van der Waals surface area contributed by atoms with Crippen LogP contribution in [0.5, 0.6) is 0 Å². The largest absolute Gasteiger partial charge is 0.279 e. The number of rotatable bonds is 3. The average molecular weight is 304 g/mol. The Hall–Kier alpha value is -1.92. The number of sulfonamides is 1. The van der Waals surface area contributed by atoms with Crippen LogP contribution in [0.1, 0.15) is 5.56 Å². The Bertz CT molecular complexity index is 852. The van der Waals surface area contributed by atoms with Crippen LogP contribution in [0.4, 0.5) is 5.69 Å². The topological polar surface area (TPSA) is 59.1 Å². The summed E-state index contributed by atoms with van der Waals surface area (Å²) in [6, 6.07) is 12.1. The fourth-order valence-electron chi connectivity index (χ4n) is 1.90. The van der Waals surface area contributed by atoms with Crippen molar-refractivity contribution in [3.8, 4) is 0 Å². The highest BCUT2D eigenvalue weighted by Gasteiger charge is 2.15. The van der Waals surface area contributed by atoms with Crippen molar-refractivity contribution in [2.75, 3.05) is 4.72 Å². The number of anilines is 1. The van der Waals surface area contributed by atoms with Crippen LogP contribution in [0.25, 0.3) is 10.9 Å². The van der Waals surface area contributed by atoms with Crippen molar-refractivity contribution >= 4 is 38.1 Å². The van der Waals surface area contributed by atoms with Crippen LogP contribution >= 0.6 is 11.5 Å². The van der Waals surface area contributed by atoms with E-state index in [-0.39, 0.29) is 4.90 Å². The predicted octanol–water partition coefficient (Wildman–Crippen LogP) is 3.41. The minimum absolute atomic E-state index is 0.253. The summed E-state index contributed by atoms with van der Waals surface area (Å²) in [5.74, 6) is 0. The van der Waals surface area contributed by atoms with Crippen LogP contribution in [0, 0.1) is 6.92 Å². The first-order valence-electron chi connectivity index (χ1n) is 5.99. The molecular weight excluding hydrogens is 292 g/mol. The molecule has 1 heterocycles. The smallest absolute Gasteiger partial charge is 0.261 e. The lowest BCUT2D eigenvalue weighted by atomic mass is 10.2. The van der Waals surface area contributed by atoms with Gasteiger partial charge in [0.05, 0.1) is 16.1 Å². The van der Waals surface area contributed by atoms with Gasteiger partial charge in [0.25, 0.3) is 10.0 Å². The highest BCUT2D eigenvalue weighted by molar-refractivity contribution is 7.92. The Morgan fingerprint density at radius 3 is 2.60 bits per heavy atom. The summed E-state index contributed by atoms with van der Waals surface area (Å²) in [6.07, 6.45) is 0. The fraction of sp³-hybridized carbons (Fsp3) is 0.0714. The molecule has 20 heavy (non-hydrogen) atoms. The van der Waals surface area contributed by atoms with E-state index >= 15 is 0 Å². The number of nitrogens with zero attached hydrogens (tertiary/aromatic N) is 1. The van der Waals surface area contributed by atoms with Gasteiger partial charge in [0.2, 0.25) is 0 Å². The Labute approximate surface area is 121 Å². The summed E-state index contributed by atoms with van der Waals surface area (Å²) >= 11 is 1.31. The second-order valence-corrected chi connectivity index (χ2v) is 6.78. The third-order valence-corrected chi connectivity index (χ3v) is 5.00. The normalized spacial score (nSPS) is 11.7. The molecular formula is C14H12N2O2S2. The van der Waals surface area contributed by atoms with Crippen LogP contribution < -0.4 is 4.72 Å². The molecule has 0 radical (unpaired) electrons. The van der Waals surface area contributed by atoms with E-state index in [2.05, 4.69) is 9.10 Å². The fourth-order valence-corrected chi connectivity index (χ4v) is 3.66. The zero-order valence-corrected chi connectivity index (χ0v) is 12.3. The number of nitrogens with one attached hydrogen (secondary N) is 1. The summed E-state index contributed by atoms with van der Waals surface area (Å²) in [7, 11) is -3.57. The maximum atomic E-state index is 12.4. The van der Waals surface area contributed by atoms with Crippen molar-refractivity contribution in [2.45, 2.75) is 11.8 Å². The van der Waals surface area contributed by atoms with Crippen LogP contribution in [0.2, 0.25) is 0 Å². The van der Waals surface area contributed by atoms with E-state index in [1.165, 1.54) is 11.5 Å². The average Bonchev–Trinajstić information content (AvgIpc) is 2.88. The molecule has 0 unspecified atom stereocenters. The van der Waals surface area contributed by atoms with Gasteiger partial charge < -0.3 is 0 Å². The molecule has 0 aliphatic rings. The lowest BCUT2D eigenvalue weighted by Gasteiger charge is -2.09. The Balaban J connectivity index is 2.01. The third kappa shape index (κ3) is 2.39. The SMILES string of the molecule is Cc1ccc(S(=O)(=O)Nc2cccc3nscc23)cc1. The number of benzene rings is 2. The Morgan fingerprint density at radius 2 is 1.85 bits per heavy atom. The molecule has 3 rings (SSSR count). The van der Waals surface area contributed by atoms with E-state index in [9.17, 15) is 8.42 Å². The minimum Gasteiger partial charge on any atom is -0.279 e. The quantitative estimate of drug-likeness (QED) is 0.806. The van der Waals surface area contributed by atoms with E-state index in [1.54, 1.807) is 36.4 Å². The van der Waals surface area contributed by atoms with Gasteiger partial charge in [-0.2, -0.15) is 4.37 Å².